The molecule has 30 heavy (non-hydrogen) atoms. The first-order valence-electron chi connectivity index (χ1n) is 8.35. The number of benzene rings is 1. The van der Waals surface area contributed by atoms with Gasteiger partial charge in [0.1, 0.15) is 16.6 Å². The van der Waals surface area contributed by atoms with Gasteiger partial charge in [-0.2, -0.15) is 0 Å². The molecule has 0 saturated carbocycles. The number of aromatic nitrogens is 2. The van der Waals surface area contributed by atoms with Gasteiger partial charge >= 0.3 is 6.09 Å². The number of primary amides is 1. The molecule has 0 aliphatic carbocycles. The number of anilines is 4. The fourth-order valence-corrected chi connectivity index (χ4v) is 3.20. The van der Waals surface area contributed by atoms with Crippen LogP contribution in [0.3, 0.4) is 0 Å². The number of nitrogens with two attached hydrogens (primary N) is 1. The number of nitrogens with one attached hydrogen (secondary N) is 3. The zero-order valence-electron chi connectivity index (χ0n) is 15.5. The van der Waals surface area contributed by atoms with Gasteiger partial charge in [0.2, 0.25) is 0 Å². The monoisotopic (exact) mass is 428 g/mol. The van der Waals surface area contributed by atoms with Crippen LogP contribution in [0.15, 0.2) is 42.6 Å². The number of thiazole rings is 1. The maximum atomic E-state index is 12.5. The normalized spacial score (nSPS) is 10.2. The number of rotatable bonds is 7. The minimum Gasteiger partial charge on any atom is -0.497 e. The van der Waals surface area contributed by atoms with Gasteiger partial charge in [-0.3, -0.25) is 14.9 Å². The van der Waals surface area contributed by atoms with E-state index in [1.165, 1.54) is 19.4 Å². The number of amides is 3. The quantitative estimate of drug-likeness (QED) is 0.382. The second-order valence-electron chi connectivity index (χ2n) is 5.73. The third-order valence-electron chi connectivity index (χ3n) is 3.69. The summed E-state index contributed by atoms with van der Waals surface area (Å²) in [5.41, 5.74) is 6.13. The van der Waals surface area contributed by atoms with Crippen LogP contribution in [0.25, 0.3) is 0 Å². The van der Waals surface area contributed by atoms with Crippen molar-refractivity contribution in [2.45, 2.75) is 0 Å². The van der Waals surface area contributed by atoms with E-state index in [1.807, 2.05) is 0 Å². The number of carbonyl (C=O) groups excluding carboxylic acids is 2. The van der Waals surface area contributed by atoms with Crippen molar-refractivity contribution in [1.82, 2.24) is 9.97 Å². The van der Waals surface area contributed by atoms with Crippen LogP contribution >= 0.6 is 11.3 Å². The number of methoxy groups -OCH3 is 1. The van der Waals surface area contributed by atoms with Gasteiger partial charge in [0.05, 0.1) is 19.0 Å². The van der Waals surface area contributed by atoms with E-state index in [0.717, 1.165) is 11.3 Å². The number of carbonyl (C=O) groups is 3. The molecule has 0 bridgehead atoms. The molecule has 11 nitrogen and oxygen atoms in total. The Balaban J connectivity index is 1.76. The molecule has 0 saturated heterocycles. The number of ether oxygens (including phenoxy) is 1. The Hall–Kier alpha value is -4.19. The van der Waals surface area contributed by atoms with Crippen LogP contribution in [0, 0.1) is 0 Å². The molecule has 0 atom stereocenters. The molecule has 0 fully saturated rings. The lowest BCUT2D eigenvalue weighted by Gasteiger charge is -2.05. The molecule has 0 radical (unpaired) electrons. The van der Waals surface area contributed by atoms with Gasteiger partial charge in [-0.05, 0) is 36.4 Å². The molecule has 1 aromatic carbocycles. The Morgan fingerprint density at radius 2 is 1.83 bits per heavy atom. The van der Waals surface area contributed by atoms with Crippen molar-refractivity contribution in [2.24, 2.45) is 5.73 Å². The third-order valence-corrected chi connectivity index (χ3v) is 4.58. The van der Waals surface area contributed by atoms with E-state index in [0.29, 0.717) is 17.0 Å². The summed E-state index contributed by atoms with van der Waals surface area (Å²) in [5, 5.41) is 16.8. The summed E-state index contributed by atoms with van der Waals surface area (Å²) in [7, 11) is 1.52. The Morgan fingerprint density at radius 3 is 2.40 bits per heavy atom. The van der Waals surface area contributed by atoms with E-state index in [9.17, 15) is 14.4 Å². The lowest BCUT2D eigenvalue weighted by atomic mass is 10.2. The number of hydrogen-bond acceptors (Lipinski definition) is 8. The van der Waals surface area contributed by atoms with Crippen LogP contribution in [0.4, 0.5) is 26.4 Å². The Labute approximate surface area is 173 Å². The van der Waals surface area contributed by atoms with Crippen molar-refractivity contribution in [3.63, 3.8) is 0 Å². The van der Waals surface area contributed by atoms with E-state index in [-0.39, 0.29) is 21.6 Å². The standard InChI is InChI=1S/C18H16N6O5S/c1-29-11-5-2-9(3-6-11)15(26)24-16-13(14(19)25)23-17(30-16)21-10-4-7-12(20-8-10)22-18(27)28/h2-8H,1H3,(H2,19,25)(H,20,22)(H,21,23)(H,24,26)(H,27,28). The summed E-state index contributed by atoms with van der Waals surface area (Å²) in [6.45, 7) is 0. The highest BCUT2D eigenvalue weighted by atomic mass is 32.1. The summed E-state index contributed by atoms with van der Waals surface area (Å²) < 4.78 is 5.06. The lowest BCUT2D eigenvalue weighted by molar-refractivity contribution is 0.0997. The molecule has 2 aromatic heterocycles. The predicted molar refractivity (Wildman–Crippen MR) is 111 cm³/mol. The van der Waals surface area contributed by atoms with Crippen LogP contribution in [-0.4, -0.2) is 40.1 Å². The van der Waals surface area contributed by atoms with Crippen molar-refractivity contribution in [2.75, 3.05) is 23.1 Å². The van der Waals surface area contributed by atoms with E-state index in [2.05, 4.69) is 25.9 Å². The summed E-state index contributed by atoms with van der Waals surface area (Å²) in [4.78, 5) is 42.9. The summed E-state index contributed by atoms with van der Waals surface area (Å²) in [5.74, 6) is -0.492. The van der Waals surface area contributed by atoms with Crippen molar-refractivity contribution in [3.05, 3.63) is 53.9 Å². The van der Waals surface area contributed by atoms with Gasteiger partial charge in [-0.25, -0.2) is 14.8 Å². The Morgan fingerprint density at radius 1 is 1.10 bits per heavy atom. The Bertz CT molecular complexity index is 1080. The zero-order chi connectivity index (χ0) is 21.7. The number of carboxylic acid groups (broad SMARTS) is 1. The molecule has 6 N–H and O–H groups in total. The molecule has 2 heterocycles. The maximum Gasteiger partial charge on any atom is 0.410 e. The van der Waals surface area contributed by atoms with Crippen molar-refractivity contribution in [3.8, 4) is 5.75 Å². The highest BCUT2D eigenvalue weighted by Crippen LogP contribution is 2.31. The molecule has 3 rings (SSSR count). The fraction of sp³-hybridized carbons (Fsp3) is 0.0556. The fourth-order valence-electron chi connectivity index (χ4n) is 2.32. The molecule has 0 unspecified atom stereocenters. The van der Waals surface area contributed by atoms with E-state index < -0.39 is 17.9 Å². The highest BCUT2D eigenvalue weighted by molar-refractivity contribution is 7.20. The van der Waals surface area contributed by atoms with E-state index >= 15 is 0 Å². The van der Waals surface area contributed by atoms with Crippen LogP contribution in [0.5, 0.6) is 5.75 Å². The smallest absolute Gasteiger partial charge is 0.410 e. The first kappa shape index (κ1) is 20.5. The molecule has 12 heteroatoms. The van der Waals surface area contributed by atoms with Gasteiger partial charge < -0.3 is 26.2 Å². The van der Waals surface area contributed by atoms with E-state index in [1.54, 1.807) is 30.3 Å². The van der Waals surface area contributed by atoms with Gasteiger partial charge in [-0.15, -0.1) is 0 Å². The SMILES string of the molecule is COc1ccc(C(=O)Nc2sc(Nc3ccc(NC(=O)O)nc3)nc2C(N)=O)cc1. The lowest BCUT2D eigenvalue weighted by Crippen LogP contribution is -2.17. The van der Waals surface area contributed by atoms with Crippen molar-refractivity contribution in [1.29, 1.82) is 0 Å². The molecule has 0 aliphatic rings. The molecule has 0 aliphatic heterocycles. The summed E-state index contributed by atoms with van der Waals surface area (Å²) in [6.07, 6.45) is 0.151. The molecule has 0 spiro atoms. The average Bonchev–Trinajstić information content (AvgIpc) is 3.11. The van der Waals surface area contributed by atoms with Crippen molar-refractivity contribution >= 4 is 50.9 Å². The Kier molecular flexibility index (Phi) is 6.08. The van der Waals surface area contributed by atoms with E-state index in [4.69, 9.17) is 15.6 Å². The summed E-state index contributed by atoms with van der Waals surface area (Å²) >= 11 is 1.01. The average molecular weight is 428 g/mol. The molecular formula is C18H16N6O5S. The topological polar surface area (TPSA) is 169 Å². The second-order valence-corrected chi connectivity index (χ2v) is 6.73. The number of nitrogens with zero attached hydrogens (tertiary/aromatic N) is 2. The number of hydrogen-bond donors (Lipinski definition) is 5. The largest absolute Gasteiger partial charge is 0.497 e. The van der Waals surface area contributed by atoms with Gasteiger partial charge in [0, 0.05) is 5.56 Å². The predicted octanol–water partition coefficient (Wildman–Crippen LogP) is 2.73. The highest BCUT2D eigenvalue weighted by Gasteiger charge is 2.19. The molecule has 3 amide bonds. The first-order valence-corrected chi connectivity index (χ1v) is 9.16. The second kappa shape index (κ2) is 8.87. The minimum absolute atomic E-state index is 0.0958. The first-order chi connectivity index (χ1) is 14.4. The van der Waals surface area contributed by atoms with Crippen LogP contribution in [0.2, 0.25) is 0 Å². The van der Waals surface area contributed by atoms with Crippen LogP contribution in [-0.2, 0) is 0 Å². The minimum atomic E-state index is -1.23. The van der Waals surface area contributed by atoms with Gasteiger partial charge in [0.15, 0.2) is 10.8 Å². The van der Waals surface area contributed by atoms with Crippen molar-refractivity contribution < 1.29 is 24.2 Å². The van der Waals surface area contributed by atoms with Crippen LogP contribution < -0.4 is 26.4 Å². The molecule has 154 valence electrons. The van der Waals surface area contributed by atoms with Gasteiger partial charge in [-0.1, -0.05) is 11.3 Å². The molecule has 3 aromatic rings. The van der Waals surface area contributed by atoms with Crippen LogP contribution in [0.1, 0.15) is 20.8 Å². The maximum absolute atomic E-state index is 12.5. The number of pyridine rings is 1. The van der Waals surface area contributed by atoms with Gasteiger partial charge in [0.25, 0.3) is 11.8 Å². The summed E-state index contributed by atoms with van der Waals surface area (Å²) in [6, 6.07) is 9.46. The zero-order valence-corrected chi connectivity index (χ0v) is 16.3. The third kappa shape index (κ3) is 4.99. The molecular weight excluding hydrogens is 412 g/mol.